The molecular weight excluding hydrogens is 246 g/mol. The summed E-state index contributed by atoms with van der Waals surface area (Å²) in [6.45, 7) is 10.7. The predicted molar refractivity (Wildman–Crippen MR) is 87.3 cm³/mol. The van der Waals surface area contributed by atoms with E-state index in [2.05, 4.69) is 50.4 Å². The van der Waals surface area contributed by atoms with Crippen molar-refractivity contribution in [3.63, 3.8) is 0 Å². The fourth-order valence-corrected chi connectivity index (χ4v) is 2.42. The Morgan fingerprint density at radius 2 is 1.80 bits per heavy atom. The first kappa shape index (κ1) is 17.0. The first-order chi connectivity index (χ1) is 9.71. The largest absolute Gasteiger partial charge is 0.494 e. The summed E-state index contributed by atoms with van der Waals surface area (Å²) in [5.74, 6) is 1.76. The van der Waals surface area contributed by atoms with Crippen molar-refractivity contribution in [2.24, 2.45) is 5.92 Å². The van der Waals surface area contributed by atoms with Gasteiger partial charge in [0.1, 0.15) is 5.75 Å². The van der Waals surface area contributed by atoms with Crippen LogP contribution in [0, 0.1) is 5.92 Å². The summed E-state index contributed by atoms with van der Waals surface area (Å²) in [4.78, 5) is 0. The summed E-state index contributed by atoms with van der Waals surface area (Å²) >= 11 is 0. The van der Waals surface area contributed by atoms with Crippen molar-refractivity contribution in [2.75, 3.05) is 13.2 Å². The van der Waals surface area contributed by atoms with Gasteiger partial charge in [-0.1, -0.05) is 45.2 Å². The summed E-state index contributed by atoms with van der Waals surface area (Å²) in [6, 6.07) is 8.85. The molecule has 1 rings (SSSR count). The third-order valence-electron chi connectivity index (χ3n) is 3.95. The molecule has 0 amide bonds. The van der Waals surface area contributed by atoms with Crippen LogP contribution in [0.4, 0.5) is 0 Å². The Hall–Kier alpha value is -1.02. The van der Waals surface area contributed by atoms with Gasteiger partial charge in [-0.25, -0.2) is 0 Å². The van der Waals surface area contributed by atoms with Crippen LogP contribution < -0.4 is 10.1 Å². The highest BCUT2D eigenvalue weighted by atomic mass is 16.5. The van der Waals surface area contributed by atoms with Crippen molar-refractivity contribution in [1.29, 1.82) is 0 Å². The molecule has 0 fully saturated rings. The van der Waals surface area contributed by atoms with Gasteiger partial charge in [0, 0.05) is 6.04 Å². The van der Waals surface area contributed by atoms with Gasteiger partial charge >= 0.3 is 0 Å². The molecular formula is C18H31NO. The van der Waals surface area contributed by atoms with Crippen molar-refractivity contribution in [1.82, 2.24) is 5.32 Å². The molecule has 2 unspecified atom stereocenters. The predicted octanol–water partition coefficient (Wildman–Crippen LogP) is 4.95. The van der Waals surface area contributed by atoms with Gasteiger partial charge in [0.2, 0.25) is 0 Å². The van der Waals surface area contributed by atoms with E-state index in [0.29, 0.717) is 6.04 Å². The summed E-state index contributed by atoms with van der Waals surface area (Å²) in [5, 5.41) is 3.67. The lowest BCUT2D eigenvalue weighted by molar-refractivity contribution is 0.340. The van der Waals surface area contributed by atoms with Gasteiger partial charge in [0.15, 0.2) is 0 Å². The van der Waals surface area contributed by atoms with E-state index in [1.807, 2.05) is 6.92 Å². The van der Waals surface area contributed by atoms with Crippen LogP contribution in [0.3, 0.4) is 0 Å². The van der Waals surface area contributed by atoms with Gasteiger partial charge in [0.05, 0.1) is 6.61 Å². The van der Waals surface area contributed by atoms with E-state index in [0.717, 1.165) is 24.8 Å². The lowest BCUT2D eigenvalue weighted by atomic mass is 9.98. The quantitative estimate of drug-likeness (QED) is 0.653. The Morgan fingerprint density at radius 3 is 2.35 bits per heavy atom. The topological polar surface area (TPSA) is 21.3 Å². The molecule has 2 atom stereocenters. The molecule has 0 aromatic heterocycles. The Balaban J connectivity index is 2.42. The molecule has 1 aromatic carbocycles. The summed E-state index contributed by atoms with van der Waals surface area (Å²) < 4.78 is 5.48. The second kappa shape index (κ2) is 9.82. The van der Waals surface area contributed by atoms with Crippen LogP contribution in [0.2, 0.25) is 0 Å². The van der Waals surface area contributed by atoms with Crippen LogP contribution in [-0.2, 0) is 0 Å². The standard InChI is InChI=1S/C18H31NO/c1-5-8-9-16(6-2)14-19-15(4)17-10-12-18(13-11-17)20-7-3/h10-13,15-16,19H,5-9,14H2,1-4H3. The van der Waals surface area contributed by atoms with Crippen molar-refractivity contribution in [3.05, 3.63) is 29.8 Å². The van der Waals surface area contributed by atoms with Gasteiger partial charge in [0.25, 0.3) is 0 Å². The van der Waals surface area contributed by atoms with Gasteiger partial charge in [-0.2, -0.15) is 0 Å². The van der Waals surface area contributed by atoms with Gasteiger partial charge in [-0.05, 0) is 50.4 Å². The SMILES string of the molecule is CCCCC(CC)CNC(C)c1ccc(OCC)cc1. The van der Waals surface area contributed by atoms with Crippen molar-refractivity contribution >= 4 is 0 Å². The maximum absolute atomic E-state index is 5.48. The number of hydrogen-bond donors (Lipinski definition) is 1. The zero-order valence-corrected chi connectivity index (χ0v) is 13.6. The van der Waals surface area contributed by atoms with E-state index in [9.17, 15) is 0 Å². The van der Waals surface area contributed by atoms with Gasteiger partial charge in [-0.3, -0.25) is 0 Å². The average Bonchev–Trinajstić information content (AvgIpc) is 2.48. The lowest BCUT2D eigenvalue weighted by Gasteiger charge is -2.20. The van der Waals surface area contributed by atoms with Crippen LogP contribution in [0.5, 0.6) is 5.75 Å². The molecule has 2 nitrogen and oxygen atoms in total. The minimum absolute atomic E-state index is 0.404. The first-order valence-electron chi connectivity index (χ1n) is 8.17. The van der Waals surface area contributed by atoms with Crippen LogP contribution in [-0.4, -0.2) is 13.2 Å². The zero-order chi connectivity index (χ0) is 14.8. The second-order valence-corrected chi connectivity index (χ2v) is 5.55. The second-order valence-electron chi connectivity index (χ2n) is 5.55. The number of hydrogen-bond acceptors (Lipinski definition) is 2. The molecule has 0 heterocycles. The van der Waals surface area contributed by atoms with E-state index in [1.165, 1.54) is 31.2 Å². The molecule has 0 bridgehead atoms. The number of rotatable bonds is 10. The van der Waals surface area contributed by atoms with Crippen LogP contribution >= 0.6 is 0 Å². The number of unbranched alkanes of at least 4 members (excludes halogenated alkanes) is 1. The molecule has 0 spiro atoms. The van der Waals surface area contributed by atoms with Crippen LogP contribution in [0.1, 0.15) is 65.0 Å². The molecule has 0 radical (unpaired) electrons. The highest BCUT2D eigenvalue weighted by Crippen LogP contribution is 2.19. The smallest absolute Gasteiger partial charge is 0.119 e. The molecule has 0 saturated heterocycles. The summed E-state index contributed by atoms with van der Waals surface area (Å²) in [6.07, 6.45) is 5.25. The highest BCUT2D eigenvalue weighted by Gasteiger charge is 2.09. The molecule has 20 heavy (non-hydrogen) atoms. The van der Waals surface area contributed by atoms with E-state index in [1.54, 1.807) is 0 Å². The maximum atomic E-state index is 5.48. The van der Waals surface area contributed by atoms with Crippen molar-refractivity contribution < 1.29 is 4.74 Å². The van der Waals surface area contributed by atoms with E-state index in [-0.39, 0.29) is 0 Å². The van der Waals surface area contributed by atoms with Crippen LogP contribution in [0.25, 0.3) is 0 Å². The molecule has 1 N–H and O–H groups in total. The number of nitrogens with one attached hydrogen (secondary N) is 1. The monoisotopic (exact) mass is 277 g/mol. The Morgan fingerprint density at radius 1 is 1.10 bits per heavy atom. The minimum atomic E-state index is 0.404. The molecule has 0 aliphatic rings. The Labute approximate surface area is 124 Å². The molecule has 1 aromatic rings. The molecule has 0 aliphatic carbocycles. The molecule has 0 saturated carbocycles. The maximum Gasteiger partial charge on any atom is 0.119 e. The molecule has 114 valence electrons. The lowest BCUT2D eigenvalue weighted by Crippen LogP contribution is -2.25. The van der Waals surface area contributed by atoms with Crippen molar-refractivity contribution in [2.45, 2.75) is 59.4 Å². The minimum Gasteiger partial charge on any atom is -0.494 e. The molecule has 2 heteroatoms. The Bertz CT molecular complexity index is 347. The van der Waals surface area contributed by atoms with E-state index >= 15 is 0 Å². The van der Waals surface area contributed by atoms with Crippen LogP contribution in [0.15, 0.2) is 24.3 Å². The highest BCUT2D eigenvalue weighted by molar-refractivity contribution is 5.28. The van der Waals surface area contributed by atoms with Gasteiger partial charge in [-0.15, -0.1) is 0 Å². The van der Waals surface area contributed by atoms with E-state index in [4.69, 9.17) is 4.74 Å². The normalized spacial score (nSPS) is 14.0. The summed E-state index contributed by atoms with van der Waals surface area (Å²) in [5.41, 5.74) is 1.33. The number of ether oxygens (including phenoxy) is 1. The Kier molecular flexibility index (Phi) is 8.36. The van der Waals surface area contributed by atoms with Crippen molar-refractivity contribution in [3.8, 4) is 5.75 Å². The fourth-order valence-electron chi connectivity index (χ4n) is 2.42. The first-order valence-corrected chi connectivity index (χ1v) is 8.17. The third-order valence-corrected chi connectivity index (χ3v) is 3.95. The third kappa shape index (κ3) is 5.96. The number of benzene rings is 1. The summed E-state index contributed by atoms with van der Waals surface area (Å²) in [7, 11) is 0. The fraction of sp³-hybridized carbons (Fsp3) is 0.667. The van der Waals surface area contributed by atoms with Gasteiger partial charge < -0.3 is 10.1 Å². The average molecular weight is 277 g/mol. The molecule has 0 aliphatic heterocycles. The zero-order valence-electron chi connectivity index (χ0n) is 13.6. The van der Waals surface area contributed by atoms with E-state index < -0.39 is 0 Å².